The lowest BCUT2D eigenvalue weighted by Gasteiger charge is -2.30. The lowest BCUT2D eigenvalue weighted by atomic mass is 10.0. The van der Waals surface area contributed by atoms with E-state index in [-0.39, 0.29) is 6.23 Å². The van der Waals surface area contributed by atoms with Crippen molar-refractivity contribution in [1.82, 2.24) is 0 Å². The standard InChI is InChI=1S/C15H33NO3Si/c1-7-17-20(18-8-2,19-15(6)16)11-9-10-14(5)12-13(3)4/h10,13,15H,7-9,11-12,16H2,1-6H3. The Morgan fingerprint density at radius 3 is 2.10 bits per heavy atom. The molecule has 0 aromatic rings. The maximum Gasteiger partial charge on any atom is 0.502 e. The van der Waals surface area contributed by atoms with Gasteiger partial charge in [0.25, 0.3) is 0 Å². The van der Waals surface area contributed by atoms with E-state index in [1.165, 1.54) is 5.57 Å². The second-order valence-electron chi connectivity index (χ2n) is 5.56. The summed E-state index contributed by atoms with van der Waals surface area (Å²) in [4.78, 5) is 0. The number of nitrogens with two attached hydrogens (primary N) is 1. The summed E-state index contributed by atoms with van der Waals surface area (Å²) in [5.41, 5.74) is 7.19. The second kappa shape index (κ2) is 10.5. The van der Waals surface area contributed by atoms with E-state index in [4.69, 9.17) is 19.0 Å². The molecule has 120 valence electrons. The van der Waals surface area contributed by atoms with Crippen LogP contribution < -0.4 is 5.73 Å². The van der Waals surface area contributed by atoms with E-state index in [9.17, 15) is 0 Å². The van der Waals surface area contributed by atoms with Crippen molar-refractivity contribution in [2.75, 3.05) is 13.2 Å². The van der Waals surface area contributed by atoms with Crippen LogP contribution >= 0.6 is 0 Å². The molecule has 0 fully saturated rings. The largest absolute Gasteiger partial charge is 0.502 e. The zero-order valence-corrected chi connectivity index (χ0v) is 15.1. The summed E-state index contributed by atoms with van der Waals surface area (Å²) in [6.45, 7) is 13.6. The van der Waals surface area contributed by atoms with Gasteiger partial charge in [-0.2, -0.15) is 0 Å². The van der Waals surface area contributed by atoms with E-state index >= 15 is 0 Å². The van der Waals surface area contributed by atoms with Crippen molar-refractivity contribution >= 4 is 8.80 Å². The van der Waals surface area contributed by atoms with E-state index in [0.717, 1.165) is 18.9 Å². The molecule has 0 radical (unpaired) electrons. The maximum atomic E-state index is 5.83. The lowest BCUT2D eigenvalue weighted by molar-refractivity contribution is 0.0407. The predicted octanol–water partition coefficient (Wildman–Crippen LogP) is 3.70. The molecule has 0 saturated carbocycles. The molecule has 0 heterocycles. The molecule has 1 atom stereocenters. The molecule has 0 aliphatic rings. The van der Waals surface area contributed by atoms with Gasteiger partial charge in [0.1, 0.15) is 0 Å². The molecular formula is C15H33NO3Si. The Morgan fingerprint density at radius 1 is 1.15 bits per heavy atom. The van der Waals surface area contributed by atoms with Gasteiger partial charge in [-0.3, -0.25) is 0 Å². The Morgan fingerprint density at radius 2 is 1.70 bits per heavy atom. The molecule has 5 heteroatoms. The number of hydrogen-bond donors (Lipinski definition) is 1. The van der Waals surface area contributed by atoms with Gasteiger partial charge >= 0.3 is 8.80 Å². The van der Waals surface area contributed by atoms with E-state index < -0.39 is 8.80 Å². The fourth-order valence-corrected chi connectivity index (χ4v) is 4.83. The highest BCUT2D eigenvalue weighted by molar-refractivity contribution is 6.60. The Kier molecular flexibility index (Phi) is 10.4. The first kappa shape index (κ1) is 19.8. The van der Waals surface area contributed by atoms with Gasteiger partial charge in [-0.25, -0.2) is 0 Å². The van der Waals surface area contributed by atoms with E-state index in [1.807, 2.05) is 20.8 Å². The Balaban J connectivity index is 4.62. The SMILES string of the molecule is CCO[Si](CCC=C(C)CC(C)C)(OCC)OC(C)N. The van der Waals surface area contributed by atoms with Crippen molar-refractivity contribution in [1.29, 1.82) is 0 Å². The first-order chi connectivity index (χ1) is 9.35. The van der Waals surface area contributed by atoms with Crippen LogP contribution in [0, 0.1) is 5.92 Å². The molecule has 1 unspecified atom stereocenters. The van der Waals surface area contributed by atoms with Crippen LogP contribution in [0.15, 0.2) is 11.6 Å². The summed E-state index contributed by atoms with van der Waals surface area (Å²) in [6, 6.07) is 0.783. The van der Waals surface area contributed by atoms with Crippen molar-refractivity contribution in [3.8, 4) is 0 Å². The van der Waals surface area contributed by atoms with Crippen LogP contribution in [0.3, 0.4) is 0 Å². The van der Waals surface area contributed by atoms with Gasteiger partial charge in [0, 0.05) is 19.3 Å². The molecule has 20 heavy (non-hydrogen) atoms. The normalized spacial score (nSPS) is 14.9. The second-order valence-corrected chi connectivity index (χ2v) is 8.24. The van der Waals surface area contributed by atoms with Crippen LogP contribution in [-0.2, 0) is 13.3 Å². The van der Waals surface area contributed by atoms with Gasteiger partial charge in [0.05, 0.1) is 6.23 Å². The van der Waals surface area contributed by atoms with Crippen LogP contribution in [0.25, 0.3) is 0 Å². The van der Waals surface area contributed by atoms with E-state index in [1.54, 1.807) is 0 Å². The third kappa shape index (κ3) is 8.87. The number of allylic oxidation sites excluding steroid dienone is 2. The highest BCUT2D eigenvalue weighted by Gasteiger charge is 2.40. The van der Waals surface area contributed by atoms with Crippen molar-refractivity contribution in [2.24, 2.45) is 11.7 Å². The fourth-order valence-electron chi connectivity index (χ4n) is 2.26. The van der Waals surface area contributed by atoms with Gasteiger partial charge in [0.15, 0.2) is 0 Å². The van der Waals surface area contributed by atoms with Crippen molar-refractivity contribution in [3.63, 3.8) is 0 Å². The molecule has 0 rings (SSSR count). The van der Waals surface area contributed by atoms with Crippen molar-refractivity contribution in [2.45, 2.75) is 66.7 Å². The molecular weight excluding hydrogens is 270 g/mol. The highest BCUT2D eigenvalue weighted by atomic mass is 28.4. The Labute approximate surface area is 126 Å². The number of rotatable bonds is 11. The minimum atomic E-state index is -2.63. The number of hydrogen-bond acceptors (Lipinski definition) is 4. The van der Waals surface area contributed by atoms with Crippen molar-refractivity contribution < 1.29 is 13.3 Å². The van der Waals surface area contributed by atoms with Gasteiger partial charge in [-0.05, 0) is 46.5 Å². The van der Waals surface area contributed by atoms with Gasteiger partial charge in [0.2, 0.25) is 0 Å². The topological polar surface area (TPSA) is 53.7 Å². The first-order valence-corrected chi connectivity index (χ1v) is 9.65. The molecule has 4 nitrogen and oxygen atoms in total. The minimum absolute atomic E-state index is 0.361. The Bertz CT molecular complexity index is 274. The molecule has 0 amide bonds. The minimum Gasteiger partial charge on any atom is -0.374 e. The quantitative estimate of drug-likeness (QED) is 0.359. The van der Waals surface area contributed by atoms with Gasteiger partial charge in [-0.1, -0.05) is 25.5 Å². The van der Waals surface area contributed by atoms with E-state index in [2.05, 4.69) is 26.8 Å². The van der Waals surface area contributed by atoms with Gasteiger partial charge in [-0.15, -0.1) is 0 Å². The summed E-state index contributed by atoms with van der Waals surface area (Å²) >= 11 is 0. The molecule has 0 aromatic carbocycles. The summed E-state index contributed by atoms with van der Waals surface area (Å²) in [5.74, 6) is 0.687. The zero-order chi connectivity index (χ0) is 15.6. The van der Waals surface area contributed by atoms with Crippen LogP contribution in [0.1, 0.15) is 54.4 Å². The maximum absolute atomic E-state index is 5.83. The van der Waals surface area contributed by atoms with Crippen molar-refractivity contribution in [3.05, 3.63) is 11.6 Å². The fraction of sp³-hybridized carbons (Fsp3) is 0.867. The van der Waals surface area contributed by atoms with Crippen LogP contribution in [0.4, 0.5) is 0 Å². The molecule has 0 bridgehead atoms. The average Bonchev–Trinajstić information content (AvgIpc) is 2.27. The summed E-state index contributed by atoms with van der Waals surface area (Å²) in [5, 5.41) is 0. The molecule has 0 saturated heterocycles. The van der Waals surface area contributed by atoms with Crippen LogP contribution in [0.2, 0.25) is 6.04 Å². The predicted molar refractivity (Wildman–Crippen MR) is 86.4 cm³/mol. The molecule has 0 spiro atoms. The molecule has 0 aliphatic carbocycles. The van der Waals surface area contributed by atoms with Crippen LogP contribution in [-0.4, -0.2) is 28.2 Å². The molecule has 0 aliphatic heterocycles. The zero-order valence-electron chi connectivity index (χ0n) is 14.1. The van der Waals surface area contributed by atoms with E-state index in [0.29, 0.717) is 19.1 Å². The molecule has 2 N–H and O–H groups in total. The van der Waals surface area contributed by atoms with Crippen LogP contribution in [0.5, 0.6) is 0 Å². The summed E-state index contributed by atoms with van der Waals surface area (Å²) < 4.78 is 17.5. The monoisotopic (exact) mass is 303 g/mol. The molecule has 0 aromatic heterocycles. The summed E-state index contributed by atoms with van der Waals surface area (Å²) in [6.07, 6.45) is 3.95. The average molecular weight is 304 g/mol. The lowest BCUT2D eigenvalue weighted by Crippen LogP contribution is -2.49. The third-order valence-electron chi connectivity index (χ3n) is 2.77. The highest BCUT2D eigenvalue weighted by Crippen LogP contribution is 2.21. The first-order valence-electron chi connectivity index (χ1n) is 7.72. The third-order valence-corrected chi connectivity index (χ3v) is 5.86. The smallest absolute Gasteiger partial charge is 0.374 e. The summed E-state index contributed by atoms with van der Waals surface area (Å²) in [7, 11) is -2.63. The van der Waals surface area contributed by atoms with Gasteiger partial charge < -0.3 is 19.0 Å². The Hall–Kier alpha value is -0.203.